The van der Waals surface area contributed by atoms with Gasteiger partial charge in [0.1, 0.15) is 0 Å². The van der Waals surface area contributed by atoms with Gasteiger partial charge in [0.2, 0.25) is 10.0 Å². The molecule has 0 radical (unpaired) electrons. The van der Waals surface area contributed by atoms with E-state index in [9.17, 15) is 8.42 Å². The Morgan fingerprint density at radius 3 is 2.44 bits per heavy atom. The van der Waals surface area contributed by atoms with Crippen LogP contribution < -0.4 is 5.32 Å². The first-order valence-electron chi connectivity index (χ1n) is 6.41. The van der Waals surface area contributed by atoms with Gasteiger partial charge in [0.25, 0.3) is 0 Å². The lowest BCUT2D eigenvalue weighted by atomic mass is 10.0. The SMILES string of the molecule is Cl.O=S(=O)(CC1CCOC1)N1C[C@H]2CNC[C@H]2C1. The smallest absolute Gasteiger partial charge is 0.214 e. The van der Waals surface area contributed by atoms with Gasteiger partial charge in [-0.2, -0.15) is 0 Å². The Hall–Kier alpha value is 0.120. The minimum absolute atomic E-state index is 0. The number of halogens is 1. The third-order valence-corrected chi connectivity index (χ3v) is 6.20. The fraction of sp³-hybridized carbons (Fsp3) is 1.00. The number of sulfonamides is 1. The summed E-state index contributed by atoms with van der Waals surface area (Å²) >= 11 is 0. The molecule has 0 amide bonds. The van der Waals surface area contributed by atoms with Crippen molar-refractivity contribution >= 4 is 22.4 Å². The molecule has 106 valence electrons. The van der Waals surface area contributed by atoms with Gasteiger partial charge in [-0.05, 0) is 37.3 Å². The second-order valence-electron chi connectivity index (χ2n) is 5.50. The second-order valence-corrected chi connectivity index (χ2v) is 7.52. The number of rotatable bonds is 3. The highest BCUT2D eigenvalue weighted by molar-refractivity contribution is 7.89. The summed E-state index contributed by atoms with van der Waals surface area (Å²) < 4.78 is 31.5. The molecule has 3 heterocycles. The van der Waals surface area contributed by atoms with Crippen LogP contribution in [-0.2, 0) is 14.8 Å². The summed E-state index contributed by atoms with van der Waals surface area (Å²) in [5.74, 6) is 1.55. The molecule has 18 heavy (non-hydrogen) atoms. The molecular weight excluding hydrogens is 276 g/mol. The molecule has 0 bridgehead atoms. The zero-order valence-electron chi connectivity index (χ0n) is 10.4. The second kappa shape index (κ2) is 5.63. The fourth-order valence-corrected chi connectivity index (χ4v) is 5.06. The Morgan fingerprint density at radius 2 is 1.89 bits per heavy atom. The first kappa shape index (κ1) is 14.5. The summed E-state index contributed by atoms with van der Waals surface area (Å²) in [5, 5.41) is 3.33. The van der Waals surface area contributed by atoms with Gasteiger partial charge in [-0.25, -0.2) is 12.7 Å². The topological polar surface area (TPSA) is 58.6 Å². The molecule has 3 fully saturated rings. The van der Waals surface area contributed by atoms with Crippen molar-refractivity contribution in [1.29, 1.82) is 0 Å². The molecule has 5 nitrogen and oxygen atoms in total. The van der Waals surface area contributed by atoms with Crippen molar-refractivity contribution in [2.75, 3.05) is 45.1 Å². The Kier molecular flexibility index (Phi) is 4.54. The third kappa shape index (κ3) is 2.82. The zero-order valence-corrected chi connectivity index (χ0v) is 12.0. The van der Waals surface area contributed by atoms with E-state index >= 15 is 0 Å². The van der Waals surface area contributed by atoms with Crippen molar-refractivity contribution in [1.82, 2.24) is 9.62 Å². The molecular formula is C11H21ClN2O3S. The van der Waals surface area contributed by atoms with Crippen molar-refractivity contribution in [3.05, 3.63) is 0 Å². The summed E-state index contributed by atoms with van der Waals surface area (Å²) in [5.41, 5.74) is 0. The van der Waals surface area contributed by atoms with Crippen LogP contribution in [0.1, 0.15) is 6.42 Å². The van der Waals surface area contributed by atoms with E-state index in [1.54, 1.807) is 4.31 Å². The highest BCUT2D eigenvalue weighted by atomic mass is 35.5. The number of nitrogens with one attached hydrogen (secondary N) is 1. The molecule has 3 aliphatic rings. The van der Waals surface area contributed by atoms with Crippen molar-refractivity contribution < 1.29 is 13.2 Å². The Balaban J connectivity index is 0.00000120. The summed E-state index contributed by atoms with van der Waals surface area (Å²) in [6, 6.07) is 0. The van der Waals surface area contributed by atoms with Crippen molar-refractivity contribution in [3.8, 4) is 0 Å². The minimum Gasteiger partial charge on any atom is -0.381 e. The van der Waals surface area contributed by atoms with E-state index in [0.29, 0.717) is 31.5 Å². The van der Waals surface area contributed by atoms with Crippen LogP contribution in [0.5, 0.6) is 0 Å². The highest BCUT2D eigenvalue weighted by Crippen LogP contribution is 2.29. The first-order valence-corrected chi connectivity index (χ1v) is 8.02. The zero-order chi connectivity index (χ0) is 11.9. The van der Waals surface area contributed by atoms with Crippen molar-refractivity contribution in [2.24, 2.45) is 17.8 Å². The largest absolute Gasteiger partial charge is 0.381 e. The normalized spacial score (nSPS) is 36.6. The van der Waals surface area contributed by atoms with E-state index in [2.05, 4.69) is 5.32 Å². The molecule has 0 aromatic heterocycles. The minimum atomic E-state index is -3.06. The van der Waals surface area contributed by atoms with Gasteiger partial charge in [-0.3, -0.25) is 0 Å². The average molecular weight is 297 g/mol. The van der Waals surface area contributed by atoms with E-state index in [1.165, 1.54) is 0 Å². The van der Waals surface area contributed by atoms with Crippen LogP contribution >= 0.6 is 12.4 Å². The highest BCUT2D eigenvalue weighted by Gasteiger charge is 2.41. The molecule has 0 aromatic rings. The molecule has 1 N–H and O–H groups in total. The van der Waals surface area contributed by atoms with Crippen LogP contribution in [0.2, 0.25) is 0 Å². The van der Waals surface area contributed by atoms with Gasteiger partial charge in [0.05, 0.1) is 12.4 Å². The van der Waals surface area contributed by atoms with Crippen LogP contribution in [-0.4, -0.2) is 57.9 Å². The molecule has 0 aromatic carbocycles. The number of fused-ring (bicyclic) bond motifs is 1. The van der Waals surface area contributed by atoms with E-state index in [4.69, 9.17) is 4.74 Å². The molecule has 0 spiro atoms. The number of hydrogen-bond donors (Lipinski definition) is 1. The Labute approximate surface area is 115 Å². The molecule has 3 rings (SSSR count). The van der Waals surface area contributed by atoms with E-state index < -0.39 is 10.0 Å². The molecule has 1 unspecified atom stereocenters. The number of nitrogens with zero attached hydrogens (tertiary/aromatic N) is 1. The third-order valence-electron chi connectivity index (χ3n) is 4.22. The molecule has 0 aliphatic carbocycles. The van der Waals surface area contributed by atoms with E-state index in [1.807, 2.05) is 0 Å². The first-order chi connectivity index (χ1) is 8.15. The predicted octanol–water partition coefficient (Wildman–Crippen LogP) is -0.0743. The number of ether oxygens (including phenoxy) is 1. The predicted molar refractivity (Wildman–Crippen MR) is 71.4 cm³/mol. The van der Waals surface area contributed by atoms with Gasteiger partial charge in [-0.1, -0.05) is 0 Å². The van der Waals surface area contributed by atoms with Gasteiger partial charge in [0, 0.05) is 19.7 Å². The van der Waals surface area contributed by atoms with Crippen LogP contribution in [0.4, 0.5) is 0 Å². The summed E-state index contributed by atoms with van der Waals surface area (Å²) in [7, 11) is -3.06. The van der Waals surface area contributed by atoms with E-state index in [0.717, 1.165) is 26.1 Å². The van der Waals surface area contributed by atoms with E-state index in [-0.39, 0.29) is 24.1 Å². The van der Waals surface area contributed by atoms with Crippen molar-refractivity contribution in [2.45, 2.75) is 6.42 Å². The standard InChI is InChI=1S/C11H20N2O3S.ClH/c14-17(15,8-9-1-2-16-7-9)13-5-10-3-12-4-11(10)6-13;/h9-12H,1-8H2;1H/t9?,10-,11+;. The summed E-state index contributed by atoms with van der Waals surface area (Å²) in [4.78, 5) is 0. The molecule has 3 saturated heterocycles. The monoisotopic (exact) mass is 296 g/mol. The maximum Gasteiger partial charge on any atom is 0.214 e. The van der Waals surface area contributed by atoms with Gasteiger partial charge >= 0.3 is 0 Å². The molecule has 3 atom stereocenters. The van der Waals surface area contributed by atoms with Crippen LogP contribution in [0.3, 0.4) is 0 Å². The average Bonchev–Trinajstić information content (AvgIpc) is 2.88. The Bertz CT molecular complexity index is 372. The fourth-order valence-electron chi connectivity index (χ4n) is 3.16. The van der Waals surface area contributed by atoms with Gasteiger partial charge in [-0.15, -0.1) is 12.4 Å². The van der Waals surface area contributed by atoms with Gasteiger partial charge in [0.15, 0.2) is 0 Å². The molecule has 3 aliphatic heterocycles. The quantitative estimate of drug-likeness (QED) is 0.792. The lowest BCUT2D eigenvalue weighted by molar-refractivity contribution is 0.188. The molecule has 0 saturated carbocycles. The van der Waals surface area contributed by atoms with Gasteiger partial charge < -0.3 is 10.1 Å². The lowest BCUT2D eigenvalue weighted by Gasteiger charge is -2.19. The summed E-state index contributed by atoms with van der Waals surface area (Å²) in [6.07, 6.45) is 0.890. The maximum atomic E-state index is 12.3. The maximum absolute atomic E-state index is 12.3. The van der Waals surface area contributed by atoms with Crippen molar-refractivity contribution in [3.63, 3.8) is 0 Å². The van der Waals surface area contributed by atoms with Crippen LogP contribution in [0.25, 0.3) is 0 Å². The Morgan fingerprint density at radius 1 is 1.22 bits per heavy atom. The summed E-state index contributed by atoms with van der Waals surface area (Å²) in [6.45, 7) is 4.71. The van der Waals surface area contributed by atoms with Crippen LogP contribution in [0, 0.1) is 17.8 Å². The molecule has 7 heteroatoms. The lowest BCUT2D eigenvalue weighted by Crippen LogP contribution is -2.35. The van der Waals surface area contributed by atoms with Crippen LogP contribution in [0.15, 0.2) is 0 Å². The number of hydrogen-bond acceptors (Lipinski definition) is 4.